The van der Waals surface area contributed by atoms with Crippen molar-refractivity contribution >= 4 is 11.0 Å². The van der Waals surface area contributed by atoms with E-state index in [0.717, 1.165) is 29.4 Å². The summed E-state index contributed by atoms with van der Waals surface area (Å²) in [6, 6.07) is 5.46. The molecule has 0 amide bonds. The van der Waals surface area contributed by atoms with Crippen LogP contribution < -0.4 is 11.0 Å². The van der Waals surface area contributed by atoms with Crippen molar-refractivity contribution in [3.05, 3.63) is 44.7 Å². The summed E-state index contributed by atoms with van der Waals surface area (Å²) >= 11 is 0. The zero-order chi connectivity index (χ0) is 20.1. The third-order valence-corrected chi connectivity index (χ3v) is 5.10. The third-order valence-electron chi connectivity index (χ3n) is 5.10. The fourth-order valence-corrected chi connectivity index (χ4v) is 3.66. The van der Waals surface area contributed by atoms with Gasteiger partial charge in [0.1, 0.15) is 12.5 Å². The summed E-state index contributed by atoms with van der Waals surface area (Å²) in [5.74, 6) is 0. The van der Waals surface area contributed by atoms with E-state index in [0.29, 0.717) is 32.6 Å². The number of nitrogens with zero attached hydrogens (tertiary/aromatic N) is 5. The molecule has 0 radical (unpaired) electrons. The molecule has 10 nitrogen and oxygen atoms in total. The highest BCUT2D eigenvalue weighted by Gasteiger charge is 2.31. The van der Waals surface area contributed by atoms with Gasteiger partial charge < -0.3 is 14.9 Å². The largest absolute Gasteiger partial charge is 0.381 e. The van der Waals surface area contributed by atoms with E-state index in [1.54, 1.807) is 16.2 Å². The van der Waals surface area contributed by atoms with Gasteiger partial charge in [-0.15, -0.1) is 0 Å². The minimum atomic E-state index is -0.978. The first-order valence-electron chi connectivity index (χ1n) is 9.43. The number of aryl methyl sites for hydroxylation is 2. The molecule has 1 aliphatic rings. The average Bonchev–Trinajstić information content (AvgIpc) is 2.92. The predicted octanol–water partition coefficient (Wildman–Crippen LogP) is 1.16. The number of ether oxygens (including phenoxy) is 1. The van der Waals surface area contributed by atoms with Gasteiger partial charge in [0.25, 0.3) is 0 Å². The second-order valence-electron chi connectivity index (χ2n) is 6.98. The lowest BCUT2D eigenvalue weighted by Gasteiger charge is -2.32. The van der Waals surface area contributed by atoms with Crippen LogP contribution in [-0.2, 0) is 18.2 Å². The van der Waals surface area contributed by atoms with Crippen LogP contribution in [0.4, 0.5) is 0 Å². The van der Waals surface area contributed by atoms with Gasteiger partial charge in [-0.1, -0.05) is 11.2 Å². The fraction of sp³-hybridized carbons (Fsp3) is 0.611. The zero-order valence-electron chi connectivity index (χ0n) is 15.9. The molecule has 2 aromatic rings. The quantitative estimate of drug-likeness (QED) is 0.269. The summed E-state index contributed by atoms with van der Waals surface area (Å²) < 4.78 is 8.62. The molecule has 1 saturated heterocycles. The molecule has 1 aromatic carbocycles. The number of imidazole rings is 1. The number of azide groups is 1. The lowest BCUT2D eigenvalue weighted by molar-refractivity contribution is -0.0275. The Bertz CT molecular complexity index is 917. The Hall–Kier alpha value is -2.36. The van der Waals surface area contributed by atoms with E-state index in [-0.39, 0.29) is 5.69 Å². The molecule has 1 fully saturated rings. The number of hydrogen-bond donors (Lipinski definition) is 3. The molecule has 1 aromatic heterocycles. The number of aliphatic hydroxyl groups is 2. The maximum absolute atomic E-state index is 12.8. The molecule has 0 saturated carbocycles. The summed E-state index contributed by atoms with van der Waals surface area (Å²) in [5, 5.41) is 26.0. The maximum Gasteiger partial charge on any atom is 0.329 e. The average molecular weight is 390 g/mol. The summed E-state index contributed by atoms with van der Waals surface area (Å²) in [4.78, 5) is 15.5. The lowest BCUT2D eigenvalue weighted by Crippen LogP contribution is -2.49. The van der Waals surface area contributed by atoms with Gasteiger partial charge in [-0.05, 0) is 48.9 Å². The monoisotopic (exact) mass is 390 g/mol. The number of aromatic nitrogens is 2. The second-order valence-corrected chi connectivity index (χ2v) is 6.98. The van der Waals surface area contributed by atoms with Crippen LogP contribution in [0, 0.1) is 0 Å². The molecule has 1 aliphatic heterocycles. The second kappa shape index (κ2) is 9.22. The van der Waals surface area contributed by atoms with E-state index in [2.05, 4.69) is 15.3 Å². The Morgan fingerprint density at radius 3 is 2.89 bits per heavy atom. The SMILES string of the molecule is Cn1c(=O)n(C2CCC(O)NC2O)c2ccc(CCCOCCN=[N+]=[N-])cc21. The van der Waals surface area contributed by atoms with Crippen molar-refractivity contribution < 1.29 is 14.9 Å². The van der Waals surface area contributed by atoms with E-state index in [1.165, 1.54) is 0 Å². The van der Waals surface area contributed by atoms with E-state index < -0.39 is 18.5 Å². The smallest absolute Gasteiger partial charge is 0.329 e. The molecular weight excluding hydrogens is 364 g/mol. The predicted molar refractivity (Wildman–Crippen MR) is 104 cm³/mol. The molecule has 0 bridgehead atoms. The molecule has 3 rings (SSSR count). The molecule has 2 heterocycles. The first-order chi connectivity index (χ1) is 13.5. The van der Waals surface area contributed by atoms with Crippen molar-refractivity contribution in [1.82, 2.24) is 14.5 Å². The zero-order valence-corrected chi connectivity index (χ0v) is 15.9. The number of rotatable bonds is 8. The highest BCUT2D eigenvalue weighted by molar-refractivity contribution is 5.77. The van der Waals surface area contributed by atoms with Crippen molar-refractivity contribution in [2.45, 2.75) is 44.2 Å². The van der Waals surface area contributed by atoms with Crippen LogP contribution in [0.3, 0.4) is 0 Å². The van der Waals surface area contributed by atoms with Crippen LogP contribution in [0.5, 0.6) is 0 Å². The van der Waals surface area contributed by atoms with Crippen molar-refractivity contribution in [3.63, 3.8) is 0 Å². The highest BCUT2D eigenvalue weighted by Crippen LogP contribution is 2.26. The number of aliphatic hydroxyl groups excluding tert-OH is 2. The topological polar surface area (TPSA) is 137 Å². The van der Waals surface area contributed by atoms with Crippen molar-refractivity contribution in [2.24, 2.45) is 12.2 Å². The van der Waals surface area contributed by atoms with E-state index in [4.69, 9.17) is 10.3 Å². The maximum atomic E-state index is 12.8. The van der Waals surface area contributed by atoms with Gasteiger partial charge in [-0.2, -0.15) is 0 Å². The van der Waals surface area contributed by atoms with E-state index in [1.807, 2.05) is 18.2 Å². The molecule has 3 atom stereocenters. The van der Waals surface area contributed by atoms with Gasteiger partial charge in [-0.3, -0.25) is 14.5 Å². The standard InChI is InChI=1S/C18H26N6O4/c1-23-15-11-12(3-2-9-28-10-8-20-22-19)4-5-13(15)24(18(23)27)14-6-7-16(25)21-17(14)26/h4-5,11,14,16-17,21,25-26H,2-3,6-10H2,1H3. The highest BCUT2D eigenvalue weighted by atomic mass is 16.5. The molecule has 3 N–H and O–H groups in total. The van der Waals surface area contributed by atoms with Crippen LogP contribution in [0.1, 0.15) is 30.9 Å². The van der Waals surface area contributed by atoms with E-state index in [9.17, 15) is 15.0 Å². The Morgan fingerprint density at radius 2 is 2.14 bits per heavy atom. The summed E-state index contributed by atoms with van der Waals surface area (Å²) in [5.41, 5.74) is 10.7. The van der Waals surface area contributed by atoms with Crippen molar-refractivity contribution in [1.29, 1.82) is 0 Å². The molecule has 0 spiro atoms. The number of fused-ring (bicyclic) bond motifs is 1. The molecular formula is C18H26N6O4. The fourth-order valence-electron chi connectivity index (χ4n) is 3.66. The Kier molecular flexibility index (Phi) is 6.71. The Morgan fingerprint density at radius 1 is 1.32 bits per heavy atom. The van der Waals surface area contributed by atoms with Gasteiger partial charge in [0, 0.05) is 25.1 Å². The van der Waals surface area contributed by atoms with Crippen molar-refractivity contribution in [3.8, 4) is 0 Å². The van der Waals surface area contributed by atoms with E-state index >= 15 is 0 Å². The molecule has 28 heavy (non-hydrogen) atoms. The summed E-state index contributed by atoms with van der Waals surface area (Å²) in [6.07, 6.45) is 0.883. The number of benzene rings is 1. The normalized spacial score (nSPS) is 22.3. The molecule has 0 aliphatic carbocycles. The first-order valence-corrected chi connectivity index (χ1v) is 9.43. The minimum absolute atomic E-state index is 0.184. The van der Waals surface area contributed by atoms with Gasteiger partial charge in [0.05, 0.1) is 23.7 Å². The van der Waals surface area contributed by atoms with Crippen LogP contribution in [0.2, 0.25) is 0 Å². The van der Waals surface area contributed by atoms with Crippen LogP contribution in [-0.4, -0.2) is 51.6 Å². The van der Waals surface area contributed by atoms with Gasteiger partial charge in [0.15, 0.2) is 0 Å². The van der Waals surface area contributed by atoms with Gasteiger partial charge in [-0.25, -0.2) is 4.79 Å². The molecule has 152 valence electrons. The van der Waals surface area contributed by atoms with Crippen LogP contribution >= 0.6 is 0 Å². The number of piperidine rings is 1. The lowest BCUT2D eigenvalue weighted by atomic mass is 10.0. The molecule has 10 heteroatoms. The number of hydrogen-bond acceptors (Lipinski definition) is 6. The van der Waals surface area contributed by atoms with Crippen molar-refractivity contribution in [2.75, 3.05) is 19.8 Å². The Labute approximate surface area is 162 Å². The minimum Gasteiger partial charge on any atom is -0.381 e. The summed E-state index contributed by atoms with van der Waals surface area (Å²) in [6.45, 7) is 1.31. The first kappa shape index (κ1) is 20.4. The van der Waals surface area contributed by atoms with Gasteiger partial charge >= 0.3 is 5.69 Å². The van der Waals surface area contributed by atoms with Crippen LogP contribution in [0.15, 0.2) is 28.1 Å². The van der Waals surface area contributed by atoms with Gasteiger partial charge in [0.2, 0.25) is 0 Å². The third kappa shape index (κ3) is 4.37. The summed E-state index contributed by atoms with van der Waals surface area (Å²) in [7, 11) is 1.72. The molecule has 3 unspecified atom stereocenters. The van der Waals surface area contributed by atoms with Crippen LogP contribution in [0.25, 0.3) is 21.5 Å². The Balaban J connectivity index is 1.72. The number of nitrogens with one attached hydrogen (secondary N) is 1.